The molecule has 0 amide bonds. The van der Waals surface area contributed by atoms with Gasteiger partial charge in [0.25, 0.3) is 0 Å². The van der Waals surface area contributed by atoms with Crippen LogP contribution in [0.3, 0.4) is 0 Å². The molecule has 0 saturated heterocycles. The highest BCUT2D eigenvalue weighted by Crippen LogP contribution is 2.17. The Labute approximate surface area is 138 Å². The predicted octanol–water partition coefficient (Wildman–Crippen LogP) is 2.80. The number of allylic oxidation sites excluding steroid dienone is 2. The van der Waals surface area contributed by atoms with Gasteiger partial charge in [0.15, 0.2) is 0 Å². The van der Waals surface area contributed by atoms with Crippen LogP contribution in [0.4, 0.5) is 4.39 Å². The molecule has 1 atom stereocenters. The molecular weight excluding hydrogens is 313 g/mol. The lowest BCUT2D eigenvalue weighted by molar-refractivity contribution is 0.542. The van der Waals surface area contributed by atoms with Gasteiger partial charge in [0, 0.05) is 30.2 Å². The molecule has 0 spiro atoms. The lowest BCUT2D eigenvalue weighted by atomic mass is 10.2. The summed E-state index contributed by atoms with van der Waals surface area (Å²) in [6.45, 7) is 7.88. The molecule has 5 heteroatoms. The Kier molecular flexibility index (Phi) is 5.21. The summed E-state index contributed by atoms with van der Waals surface area (Å²) in [5.74, 6) is 0.329. The summed E-state index contributed by atoms with van der Waals surface area (Å²) >= 11 is 0. The summed E-state index contributed by atoms with van der Waals surface area (Å²) in [6.07, 6.45) is 3.44. The number of rotatable bonds is 4. The van der Waals surface area contributed by atoms with Crippen molar-refractivity contribution in [3.63, 3.8) is 0 Å². The van der Waals surface area contributed by atoms with Gasteiger partial charge in [-0.1, -0.05) is 12.2 Å². The first-order chi connectivity index (χ1) is 10.8. The molecule has 0 saturated carbocycles. The smallest absolute Gasteiger partial charge is 0.136 e. The van der Waals surface area contributed by atoms with Crippen LogP contribution in [-0.2, 0) is 11.0 Å². The summed E-state index contributed by atoms with van der Waals surface area (Å²) in [4.78, 5) is 0. The standard InChI is InChI=1S/C18H20FNO2S/c1-12(2)16(20(4)23(5)21)11-17-13(3)10-18(22-17)14-6-8-15(19)9-7-14/h6-11H,3H2,1-2,4-5H3/b17-11+. The van der Waals surface area contributed by atoms with Crippen LogP contribution in [0.15, 0.2) is 46.0 Å². The van der Waals surface area contributed by atoms with E-state index < -0.39 is 11.0 Å². The molecule has 23 heavy (non-hydrogen) atoms. The second kappa shape index (κ2) is 6.96. The van der Waals surface area contributed by atoms with E-state index in [-0.39, 0.29) is 5.82 Å². The Morgan fingerprint density at radius 3 is 2.43 bits per heavy atom. The number of furan rings is 1. The van der Waals surface area contributed by atoms with Gasteiger partial charge >= 0.3 is 0 Å². The molecule has 0 bridgehead atoms. The van der Waals surface area contributed by atoms with Gasteiger partial charge in [0.2, 0.25) is 0 Å². The van der Waals surface area contributed by atoms with Crippen LogP contribution in [0.2, 0.25) is 0 Å². The van der Waals surface area contributed by atoms with Gasteiger partial charge in [-0.15, -0.1) is 0 Å². The number of hydrogen-bond acceptors (Lipinski definition) is 2. The second-order valence-electron chi connectivity index (χ2n) is 5.46. The predicted molar refractivity (Wildman–Crippen MR) is 93.5 cm³/mol. The second-order valence-corrected chi connectivity index (χ2v) is 6.85. The van der Waals surface area contributed by atoms with Gasteiger partial charge < -0.3 is 4.42 Å². The molecule has 0 aliphatic carbocycles. The highest BCUT2D eigenvalue weighted by Gasteiger charge is 2.09. The fraction of sp³-hybridized carbons (Fsp3) is 0.222. The molecule has 1 heterocycles. The van der Waals surface area contributed by atoms with E-state index in [9.17, 15) is 8.60 Å². The highest BCUT2D eigenvalue weighted by atomic mass is 32.2. The van der Waals surface area contributed by atoms with Gasteiger partial charge in [-0.2, -0.15) is 0 Å². The van der Waals surface area contributed by atoms with E-state index in [1.54, 1.807) is 29.7 Å². The highest BCUT2D eigenvalue weighted by molar-refractivity contribution is 7.82. The fourth-order valence-corrected chi connectivity index (χ4v) is 2.65. The topological polar surface area (TPSA) is 33.5 Å². The molecule has 1 unspecified atom stereocenters. The van der Waals surface area contributed by atoms with E-state index in [4.69, 9.17) is 4.42 Å². The van der Waals surface area contributed by atoms with Crippen molar-refractivity contribution >= 4 is 23.6 Å². The third-order valence-electron chi connectivity index (χ3n) is 3.48. The van der Waals surface area contributed by atoms with Gasteiger partial charge in [-0.3, -0.25) is 4.31 Å². The Balaban J connectivity index is 2.52. The molecule has 1 aromatic carbocycles. The summed E-state index contributed by atoms with van der Waals surface area (Å²) < 4.78 is 32.3. The quantitative estimate of drug-likeness (QED) is 0.862. The monoisotopic (exact) mass is 333 g/mol. The van der Waals surface area contributed by atoms with Crippen LogP contribution in [0.1, 0.15) is 13.8 Å². The molecule has 2 rings (SSSR count). The van der Waals surface area contributed by atoms with Gasteiger partial charge in [-0.05, 0) is 44.2 Å². The number of halogens is 1. The Morgan fingerprint density at radius 2 is 1.91 bits per heavy atom. The number of benzene rings is 1. The maximum absolute atomic E-state index is 13.0. The minimum atomic E-state index is -1.13. The maximum atomic E-state index is 13.0. The van der Waals surface area contributed by atoms with E-state index in [0.717, 1.165) is 22.1 Å². The zero-order chi connectivity index (χ0) is 17.1. The van der Waals surface area contributed by atoms with Gasteiger partial charge in [-0.25, -0.2) is 8.60 Å². The molecule has 0 radical (unpaired) electrons. The van der Waals surface area contributed by atoms with Crippen molar-refractivity contribution in [1.29, 1.82) is 0 Å². The summed E-state index contributed by atoms with van der Waals surface area (Å²) in [5.41, 5.74) is 3.21. The molecular formula is C18H20FNO2S. The SMILES string of the molecule is C=c1cc(-c2ccc(F)cc2)o/c1=C/C(=C(C)C)N(C)S(C)=O. The molecule has 0 fully saturated rings. The van der Waals surface area contributed by atoms with Gasteiger partial charge in [0.1, 0.15) is 28.0 Å². The van der Waals surface area contributed by atoms with Crippen molar-refractivity contribution in [2.75, 3.05) is 13.3 Å². The van der Waals surface area contributed by atoms with E-state index in [1.807, 2.05) is 26.0 Å². The first kappa shape index (κ1) is 17.2. The van der Waals surface area contributed by atoms with Crippen molar-refractivity contribution in [2.24, 2.45) is 0 Å². The Morgan fingerprint density at radius 1 is 1.30 bits per heavy atom. The largest absolute Gasteiger partial charge is 0.456 e. The van der Waals surface area contributed by atoms with Crippen molar-refractivity contribution in [3.05, 3.63) is 58.1 Å². The molecule has 0 N–H and O–H groups in total. The third-order valence-corrected chi connectivity index (χ3v) is 4.44. The summed E-state index contributed by atoms with van der Waals surface area (Å²) in [7, 11) is 0.633. The zero-order valence-electron chi connectivity index (χ0n) is 13.7. The normalized spacial score (nSPS) is 13.0. The number of nitrogens with zero attached hydrogens (tertiary/aromatic N) is 1. The molecule has 0 aliphatic rings. The van der Waals surface area contributed by atoms with E-state index in [0.29, 0.717) is 11.2 Å². The average Bonchev–Trinajstić information content (AvgIpc) is 2.85. The minimum Gasteiger partial charge on any atom is -0.456 e. The average molecular weight is 333 g/mol. The lowest BCUT2D eigenvalue weighted by Gasteiger charge is -2.17. The minimum absolute atomic E-state index is 0.291. The van der Waals surface area contributed by atoms with E-state index >= 15 is 0 Å². The summed E-state index contributed by atoms with van der Waals surface area (Å²) in [6, 6.07) is 7.91. The first-order valence-corrected chi connectivity index (χ1v) is 8.62. The van der Waals surface area contributed by atoms with Crippen LogP contribution in [-0.4, -0.2) is 21.8 Å². The van der Waals surface area contributed by atoms with Crippen LogP contribution in [0.25, 0.3) is 24.0 Å². The van der Waals surface area contributed by atoms with Crippen molar-refractivity contribution in [1.82, 2.24) is 4.31 Å². The van der Waals surface area contributed by atoms with E-state index in [1.165, 1.54) is 12.1 Å². The Hall–Kier alpha value is -2.14. The molecule has 1 aromatic heterocycles. The van der Waals surface area contributed by atoms with Crippen LogP contribution >= 0.6 is 0 Å². The van der Waals surface area contributed by atoms with Gasteiger partial charge in [0.05, 0.1) is 5.70 Å². The molecule has 0 aliphatic heterocycles. The zero-order valence-corrected chi connectivity index (χ0v) is 14.5. The van der Waals surface area contributed by atoms with Crippen LogP contribution in [0.5, 0.6) is 0 Å². The molecule has 122 valence electrons. The van der Waals surface area contributed by atoms with Crippen molar-refractivity contribution in [3.8, 4) is 11.3 Å². The summed E-state index contributed by atoms with van der Waals surface area (Å²) in [5, 5.41) is 0.721. The van der Waals surface area contributed by atoms with E-state index in [2.05, 4.69) is 6.58 Å². The first-order valence-electron chi connectivity index (χ1n) is 7.11. The van der Waals surface area contributed by atoms with Crippen molar-refractivity contribution < 1.29 is 13.0 Å². The Bertz CT molecular complexity index is 861. The van der Waals surface area contributed by atoms with Crippen LogP contribution < -0.4 is 10.6 Å². The maximum Gasteiger partial charge on any atom is 0.136 e. The fourth-order valence-electron chi connectivity index (χ4n) is 2.13. The molecule has 2 aromatic rings. The van der Waals surface area contributed by atoms with Crippen LogP contribution in [0, 0.1) is 5.82 Å². The number of hydrogen-bond donors (Lipinski definition) is 0. The lowest BCUT2D eigenvalue weighted by Crippen LogP contribution is -2.24. The third kappa shape index (κ3) is 3.99. The van der Waals surface area contributed by atoms with Crippen molar-refractivity contribution in [2.45, 2.75) is 13.8 Å². The molecule has 3 nitrogen and oxygen atoms in total.